The number of benzene rings is 1. The van der Waals surface area contributed by atoms with Crippen molar-refractivity contribution in [1.29, 1.82) is 0 Å². The van der Waals surface area contributed by atoms with Crippen molar-refractivity contribution in [3.05, 3.63) is 29.8 Å². The molecule has 3 rings (SSSR count). The Labute approximate surface area is 159 Å². The Morgan fingerprint density at radius 2 is 2.00 bits per heavy atom. The molecule has 2 N–H and O–H groups in total. The van der Waals surface area contributed by atoms with E-state index in [1.807, 2.05) is 18.2 Å². The van der Waals surface area contributed by atoms with Gasteiger partial charge < -0.3 is 19.8 Å². The zero-order valence-corrected chi connectivity index (χ0v) is 15.6. The summed E-state index contributed by atoms with van der Waals surface area (Å²) in [6.07, 6.45) is 3.28. The number of hydrogen-bond acceptors (Lipinski definition) is 5. The SMILES string of the molecule is O=C(O)CN1CC2(CCC1=O)CCN(Cc1cccc(OCCO)c1)CC2. The van der Waals surface area contributed by atoms with Gasteiger partial charge in [-0.15, -0.1) is 0 Å². The normalized spacial score (nSPS) is 20.0. The van der Waals surface area contributed by atoms with E-state index in [4.69, 9.17) is 14.9 Å². The molecule has 7 nitrogen and oxygen atoms in total. The minimum absolute atomic E-state index is 0.000164. The molecule has 0 bridgehead atoms. The minimum Gasteiger partial charge on any atom is -0.491 e. The van der Waals surface area contributed by atoms with Crippen molar-refractivity contribution in [2.24, 2.45) is 5.41 Å². The van der Waals surface area contributed by atoms with Crippen LogP contribution in [0.2, 0.25) is 0 Å². The van der Waals surface area contributed by atoms with E-state index in [0.717, 1.165) is 44.6 Å². The Kier molecular flexibility index (Phi) is 6.34. The number of piperidine rings is 2. The van der Waals surface area contributed by atoms with Gasteiger partial charge in [0, 0.05) is 19.5 Å². The number of amides is 1. The Bertz CT molecular complexity index is 670. The van der Waals surface area contributed by atoms with Crippen LogP contribution in [0, 0.1) is 5.41 Å². The van der Waals surface area contributed by atoms with Crippen LogP contribution in [0.25, 0.3) is 0 Å². The van der Waals surface area contributed by atoms with E-state index in [1.54, 1.807) is 0 Å². The second-order valence-corrected chi connectivity index (χ2v) is 7.64. The van der Waals surface area contributed by atoms with Crippen LogP contribution < -0.4 is 4.74 Å². The van der Waals surface area contributed by atoms with Crippen molar-refractivity contribution in [2.75, 3.05) is 39.4 Å². The van der Waals surface area contributed by atoms with Crippen molar-refractivity contribution >= 4 is 11.9 Å². The number of nitrogens with zero attached hydrogens (tertiary/aromatic N) is 2. The van der Waals surface area contributed by atoms with Crippen molar-refractivity contribution in [3.63, 3.8) is 0 Å². The van der Waals surface area contributed by atoms with Gasteiger partial charge >= 0.3 is 5.97 Å². The molecule has 0 radical (unpaired) electrons. The van der Waals surface area contributed by atoms with Crippen molar-refractivity contribution < 1.29 is 24.5 Å². The summed E-state index contributed by atoms with van der Waals surface area (Å²) in [6, 6.07) is 7.93. The molecule has 0 aromatic heterocycles. The topological polar surface area (TPSA) is 90.3 Å². The van der Waals surface area contributed by atoms with Crippen LogP contribution in [0.15, 0.2) is 24.3 Å². The highest BCUT2D eigenvalue weighted by atomic mass is 16.5. The van der Waals surface area contributed by atoms with E-state index in [-0.39, 0.29) is 24.5 Å². The van der Waals surface area contributed by atoms with Crippen molar-refractivity contribution in [3.8, 4) is 5.75 Å². The van der Waals surface area contributed by atoms with Crippen LogP contribution in [0.1, 0.15) is 31.2 Å². The van der Waals surface area contributed by atoms with E-state index in [1.165, 1.54) is 10.5 Å². The molecule has 2 aliphatic rings. The number of carboxylic acids is 1. The molecular formula is C20H28N2O5. The summed E-state index contributed by atoms with van der Waals surface area (Å²) < 4.78 is 5.47. The van der Waals surface area contributed by atoms with Crippen molar-refractivity contribution in [2.45, 2.75) is 32.2 Å². The molecule has 27 heavy (non-hydrogen) atoms. The smallest absolute Gasteiger partial charge is 0.323 e. The number of aliphatic carboxylic acids is 1. The number of carboxylic acid groups (broad SMARTS) is 1. The lowest BCUT2D eigenvalue weighted by atomic mass is 9.72. The molecule has 148 valence electrons. The number of carbonyl (C=O) groups is 2. The van der Waals surface area contributed by atoms with Crippen LogP contribution in [0.5, 0.6) is 5.75 Å². The fourth-order valence-electron chi connectivity index (χ4n) is 4.16. The Hall–Kier alpha value is -2.12. The van der Waals surface area contributed by atoms with Crippen LogP contribution >= 0.6 is 0 Å². The number of aliphatic hydroxyl groups is 1. The van der Waals surface area contributed by atoms with Gasteiger partial charge in [0.25, 0.3) is 0 Å². The molecule has 2 saturated heterocycles. The summed E-state index contributed by atoms with van der Waals surface area (Å²) in [7, 11) is 0. The second kappa shape index (κ2) is 8.71. The van der Waals surface area contributed by atoms with Crippen molar-refractivity contribution in [1.82, 2.24) is 9.80 Å². The quantitative estimate of drug-likeness (QED) is 0.747. The average molecular weight is 376 g/mol. The Morgan fingerprint density at radius 3 is 2.70 bits per heavy atom. The minimum atomic E-state index is -0.943. The third kappa shape index (κ3) is 5.20. The van der Waals surface area contributed by atoms with Gasteiger partial charge in [0.1, 0.15) is 18.9 Å². The molecule has 0 saturated carbocycles. The highest BCUT2D eigenvalue weighted by Crippen LogP contribution is 2.40. The predicted molar refractivity (Wildman–Crippen MR) is 99.4 cm³/mol. The number of aliphatic hydroxyl groups excluding tert-OH is 1. The first kappa shape index (κ1) is 19.6. The molecule has 0 atom stereocenters. The summed E-state index contributed by atoms with van der Waals surface area (Å²) in [4.78, 5) is 26.9. The van der Waals surface area contributed by atoms with Gasteiger partial charge in [0.2, 0.25) is 5.91 Å². The van der Waals surface area contributed by atoms with Gasteiger partial charge in [0.05, 0.1) is 6.61 Å². The molecule has 0 aliphatic carbocycles. The van der Waals surface area contributed by atoms with E-state index in [9.17, 15) is 9.59 Å². The molecule has 1 aromatic rings. The van der Waals surface area contributed by atoms with Crippen LogP contribution in [0.4, 0.5) is 0 Å². The van der Waals surface area contributed by atoms with Crippen LogP contribution in [-0.2, 0) is 16.1 Å². The molecule has 7 heteroatoms. The lowest BCUT2D eigenvalue weighted by Crippen LogP contribution is -2.52. The fourth-order valence-corrected chi connectivity index (χ4v) is 4.16. The maximum atomic E-state index is 12.0. The van der Waals surface area contributed by atoms with Gasteiger partial charge in [-0.1, -0.05) is 12.1 Å². The van der Waals surface area contributed by atoms with Gasteiger partial charge in [-0.3, -0.25) is 14.5 Å². The zero-order chi connectivity index (χ0) is 19.3. The Balaban J connectivity index is 1.54. The zero-order valence-electron chi connectivity index (χ0n) is 15.6. The number of carbonyl (C=O) groups excluding carboxylic acids is 1. The first-order chi connectivity index (χ1) is 13.0. The second-order valence-electron chi connectivity index (χ2n) is 7.64. The Morgan fingerprint density at radius 1 is 1.22 bits per heavy atom. The highest BCUT2D eigenvalue weighted by Gasteiger charge is 2.41. The van der Waals surface area contributed by atoms with Gasteiger partial charge in [-0.2, -0.15) is 0 Å². The summed E-state index contributed by atoms with van der Waals surface area (Å²) in [6.45, 7) is 3.39. The summed E-state index contributed by atoms with van der Waals surface area (Å²) in [5.41, 5.74) is 1.24. The first-order valence-electron chi connectivity index (χ1n) is 9.54. The number of likely N-dealkylation sites (tertiary alicyclic amines) is 2. The monoisotopic (exact) mass is 376 g/mol. The number of rotatable bonds is 7. The van der Waals surface area contributed by atoms with Crippen LogP contribution in [-0.4, -0.2) is 71.3 Å². The molecule has 1 spiro atoms. The first-order valence-corrected chi connectivity index (χ1v) is 9.54. The fraction of sp³-hybridized carbons (Fsp3) is 0.600. The molecule has 2 fully saturated rings. The predicted octanol–water partition coefficient (Wildman–Crippen LogP) is 1.35. The summed E-state index contributed by atoms with van der Waals surface area (Å²) in [5.74, 6) is -0.212. The maximum Gasteiger partial charge on any atom is 0.323 e. The number of ether oxygens (including phenoxy) is 1. The van der Waals surface area contributed by atoms with E-state index in [0.29, 0.717) is 19.6 Å². The molecule has 1 amide bonds. The lowest BCUT2D eigenvalue weighted by molar-refractivity contribution is -0.149. The van der Waals surface area contributed by atoms with Gasteiger partial charge in [0.15, 0.2) is 0 Å². The molecular weight excluding hydrogens is 348 g/mol. The highest BCUT2D eigenvalue weighted by molar-refractivity contribution is 5.82. The van der Waals surface area contributed by atoms with Crippen LogP contribution in [0.3, 0.4) is 0 Å². The van der Waals surface area contributed by atoms with Gasteiger partial charge in [-0.05, 0) is 55.5 Å². The summed E-state index contributed by atoms with van der Waals surface area (Å²) >= 11 is 0. The lowest BCUT2D eigenvalue weighted by Gasteiger charge is -2.47. The molecule has 2 aliphatic heterocycles. The molecule has 1 aromatic carbocycles. The third-order valence-corrected chi connectivity index (χ3v) is 5.66. The number of hydrogen-bond donors (Lipinski definition) is 2. The maximum absolute atomic E-state index is 12.0. The molecule has 2 heterocycles. The van der Waals surface area contributed by atoms with Gasteiger partial charge in [-0.25, -0.2) is 0 Å². The van der Waals surface area contributed by atoms with E-state index < -0.39 is 5.97 Å². The largest absolute Gasteiger partial charge is 0.491 e. The molecule has 0 unspecified atom stereocenters. The summed E-state index contributed by atoms with van der Waals surface area (Å²) in [5, 5.41) is 17.9. The standard InChI is InChI=1S/C20H28N2O5/c23-10-11-27-17-3-1-2-16(12-17)13-21-8-6-20(7-9-21)5-4-18(24)22(15-20)14-19(25)26/h1-3,12,23H,4-11,13-15H2,(H,25,26). The van der Waals surface area contributed by atoms with E-state index in [2.05, 4.69) is 11.0 Å². The third-order valence-electron chi connectivity index (χ3n) is 5.66. The van der Waals surface area contributed by atoms with E-state index >= 15 is 0 Å². The average Bonchev–Trinajstić information content (AvgIpc) is 2.65.